The third-order valence-corrected chi connectivity index (χ3v) is 4.63. The highest BCUT2D eigenvalue weighted by atomic mass is 16.5. The molecule has 2 atom stereocenters. The van der Waals surface area contributed by atoms with Gasteiger partial charge in [-0.25, -0.2) is 0 Å². The van der Waals surface area contributed by atoms with Crippen LogP contribution >= 0.6 is 0 Å². The van der Waals surface area contributed by atoms with Crippen LogP contribution in [0.4, 0.5) is 0 Å². The van der Waals surface area contributed by atoms with Gasteiger partial charge in [-0.3, -0.25) is 4.90 Å². The summed E-state index contributed by atoms with van der Waals surface area (Å²) in [7, 11) is 0. The zero-order valence-electron chi connectivity index (χ0n) is 9.45. The molecule has 2 unspecified atom stereocenters. The standard InChI is InChI=1S/C12H22N2O/c13-10-2-1-3-11(10)14-8-12(9-14)4-6-15-7-5-12/h10-11H,1-9,13H2. The fourth-order valence-corrected chi connectivity index (χ4v) is 3.59. The molecule has 2 heterocycles. The van der Waals surface area contributed by atoms with Crippen LogP contribution in [0.15, 0.2) is 0 Å². The summed E-state index contributed by atoms with van der Waals surface area (Å²) in [6.07, 6.45) is 6.43. The molecule has 2 aliphatic heterocycles. The van der Waals surface area contributed by atoms with Gasteiger partial charge in [0.1, 0.15) is 0 Å². The fourth-order valence-electron chi connectivity index (χ4n) is 3.59. The first-order valence-electron chi connectivity index (χ1n) is 6.37. The molecule has 0 amide bonds. The van der Waals surface area contributed by atoms with Crippen LogP contribution in [-0.2, 0) is 4.74 Å². The summed E-state index contributed by atoms with van der Waals surface area (Å²) in [6.45, 7) is 4.53. The van der Waals surface area contributed by atoms with Crippen molar-refractivity contribution in [2.45, 2.75) is 44.2 Å². The second-order valence-electron chi connectivity index (χ2n) is 5.68. The normalized spacial score (nSPS) is 40.6. The van der Waals surface area contributed by atoms with Crippen LogP contribution in [0.1, 0.15) is 32.1 Å². The quantitative estimate of drug-likeness (QED) is 0.701. The average molecular weight is 210 g/mol. The predicted octanol–water partition coefficient (Wildman–Crippen LogP) is 0.979. The third kappa shape index (κ3) is 1.71. The molecule has 0 aromatic rings. The Labute approximate surface area is 91.9 Å². The van der Waals surface area contributed by atoms with E-state index in [9.17, 15) is 0 Å². The number of rotatable bonds is 1. The lowest BCUT2D eigenvalue weighted by atomic mass is 9.72. The molecular weight excluding hydrogens is 188 g/mol. The molecule has 1 saturated carbocycles. The SMILES string of the molecule is NC1CCCC1N1CC2(CCOCC2)C1. The van der Waals surface area contributed by atoms with Crippen molar-refractivity contribution in [1.82, 2.24) is 4.90 Å². The average Bonchev–Trinajstić information content (AvgIpc) is 2.62. The molecule has 15 heavy (non-hydrogen) atoms. The van der Waals surface area contributed by atoms with Gasteiger partial charge in [-0.15, -0.1) is 0 Å². The lowest BCUT2D eigenvalue weighted by Crippen LogP contribution is -2.63. The smallest absolute Gasteiger partial charge is 0.0472 e. The number of hydrogen-bond acceptors (Lipinski definition) is 3. The Morgan fingerprint density at radius 2 is 1.87 bits per heavy atom. The molecule has 0 radical (unpaired) electrons. The van der Waals surface area contributed by atoms with Crippen LogP contribution in [0, 0.1) is 5.41 Å². The van der Waals surface area contributed by atoms with Gasteiger partial charge in [-0.2, -0.15) is 0 Å². The summed E-state index contributed by atoms with van der Waals surface area (Å²) in [5, 5.41) is 0. The van der Waals surface area contributed by atoms with Crippen molar-refractivity contribution in [3.05, 3.63) is 0 Å². The van der Waals surface area contributed by atoms with E-state index in [0.29, 0.717) is 17.5 Å². The highest BCUT2D eigenvalue weighted by Gasteiger charge is 2.47. The van der Waals surface area contributed by atoms with Crippen molar-refractivity contribution in [2.75, 3.05) is 26.3 Å². The van der Waals surface area contributed by atoms with Crippen LogP contribution < -0.4 is 5.73 Å². The van der Waals surface area contributed by atoms with Crippen molar-refractivity contribution in [2.24, 2.45) is 11.1 Å². The van der Waals surface area contributed by atoms with Gasteiger partial charge in [0, 0.05) is 43.8 Å². The number of nitrogens with zero attached hydrogens (tertiary/aromatic N) is 1. The molecule has 3 rings (SSSR count). The molecule has 3 fully saturated rings. The third-order valence-electron chi connectivity index (χ3n) is 4.63. The first kappa shape index (κ1) is 10.1. The van der Waals surface area contributed by atoms with Gasteiger partial charge >= 0.3 is 0 Å². The molecule has 1 spiro atoms. The lowest BCUT2D eigenvalue weighted by Gasteiger charge is -2.55. The van der Waals surface area contributed by atoms with Crippen molar-refractivity contribution in [1.29, 1.82) is 0 Å². The van der Waals surface area contributed by atoms with Crippen LogP contribution in [0.2, 0.25) is 0 Å². The largest absolute Gasteiger partial charge is 0.381 e. The molecule has 1 aliphatic carbocycles. The van der Waals surface area contributed by atoms with Gasteiger partial charge < -0.3 is 10.5 Å². The zero-order chi connectivity index (χ0) is 10.3. The number of ether oxygens (including phenoxy) is 1. The Bertz CT molecular complexity index is 230. The Kier molecular flexibility index (Phi) is 2.49. The Morgan fingerprint density at radius 1 is 1.13 bits per heavy atom. The molecule has 3 aliphatic rings. The second kappa shape index (κ2) is 3.72. The molecule has 0 bridgehead atoms. The minimum Gasteiger partial charge on any atom is -0.381 e. The molecular formula is C12H22N2O. The van der Waals surface area contributed by atoms with E-state index in [2.05, 4.69) is 4.90 Å². The van der Waals surface area contributed by atoms with Crippen LogP contribution in [-0.4, -0.2) is 43.3 Å². The summed E-state index contributed by atoms with van der Waals surface area (Å²) in [6, 6.07) is 1.14. The van der Waals surface area contributed by atoms with E-state index in [1.165, 1.54) is 45.2 Å². The van der Waals surface area contributed by atoms with Gasteiger partial charge in [0.25, 0.3) is 0 Å². The van der Waals surface area contributed by atoms with Crippen LogP contribution in [0.5, 0.6) is 0 Å². The molecule has 0 aromatic heterocycles. The number of nitrogens with two attached hydrogens (primary N) is 1. The zero-order valence-corrected chi connectivity index (χ0v) is 9.45. The predicted molar refractivity (Wildman–Crippen MR) is 59.7 cm³/mol. The minimum absolute atomic E-state index is 0.446. The molecule has 0 aromatic carbocycles. The Hall–Kier alpha value is -0.120. The van der Waals surface area contributed by atoms with Crippen molar-refractivity contribution in [3.8, 4) is 0 Å². The Morgan fingerprint density at radius 3 is 2.47 bits per heavy atom. The van der Waals surface area contributed by atoms with Gasteiger partial charge in [0.15, 0.2) is 0 Å². The number of likely N-dealkylation sites (tertiary alicyclic amines) is 1. The minimum atomic E-state index is 0.446. The van der Waals surface area contributed by atoms with E-state index in [0.717, 1.165) is 13.2 Å². The maximum atomic E-state index is 6.14. The highest BCUT2D eigenvalue weighted by molar-refractivity contribution is 5.02. The second-order valence-corrected chi connectivity index (χ2v) is 5.68. The Balaban J connectivity index is 1.56. The maximum absolute atomic E-state index is 6.14. The summed E-state index contributed by atoms with van der Waals surface area (Å²) < 4.78 is 5.44. The molecule has 3 nitrogen and oxygen atoms in total. The fraction of sp³-hybridized carbons (Fsp3) is 1.00. The summed E-state index contributed by atoms with van der Waals surface area (Å²) in [5.41, 5.74) is 6.75. The first-order chi connectivity index (χ1) is 7.29. The topological polar surface area (TPSA) is 38.5 Å². The summed E-state index contributed by atoms with van der Waals surface area (Å²) in [5.74, 6) is 0. The van der Waals surface area contributed by atoms with E-state index < -0.39 is 0 Å². The van der Waals surface area contributed by atoms with Crippen molar-refractivity contribution < 1.29 is 4.74 Å². The van der Waals surface area contributed by atoms with Crippen LogP contribution in [0.3, 0.4) is 0 Å². The summed E-state index contributed by atoms with van der Waals surface area (Å²) in [4.78, 5) is 2.63. The van der Waals surface area contributed by atoms with E-state index >= 15 is 0 Å². The van der Waals surface area contributed by atoms with Gasteiger partial charge in [-0.05, 0) is 25.7 Å². The van der Waals surface area contributed by atoms with Crippen molar-refractivity contribution in [3.63, 3.8) is 0 Å². The van der Waals surface area contributed by atoms with E-state index in [1.54, 1.807) is 0 Å². The van der Waals surface area contributed by atoms with Crippen molar-refractivity contribution >= 4 is 0 Å². The molecule has 2 saturated heterocycles. The van der Waals surface area contributed by atoms with E-state index in [1.807, 2.05) is 0 Å². The lowest BCUT2D eigenvalue weighted by molar-refractivity contribution is -0.0979. The highest BCUT2D eigenvalue weighted by Crippen LogP contribution is 2.42. The van der Waals surface area contributed by atoms with Crippen LogP contribution in [0.25, 0.3) is 0 Å². The molecule has 86 valence electrons. The maximum Gasteiger partial charge on any atom is 0.0472 e. The van der Waals surface area contributed by atoms with E-state index in [-0.39, 0.29) is 0 Å². The van der Waals surface area contributed by atoms with E-state index in [4.69, 9.17) is 10.5 Å². The molecule has 3 heteroatoms. The molecule has 2 N–H and O–H groups in total. The van der Waals surface area contributed by atoms with Gasteiger partial charge in [0.05, 0.1) is 0 Å². The number of hydrogen-bond donors (Lipinski definition) is 1. The summed E-state index contributed by atoms with van der Waals surface area (Å²) >= 11 is 0. The first-order valence-corrected chi connectivity index (χ1v) is 6.37. The van der Waals surface area contributed by atoms with Gasteiger partial charge in [-0.1, -0.05) is 6.42 Å². The van der Waals surface area contributed by atoms with Gasteiger partial charge in [0.2, 0.25) is 0 Å². The monoisotopic (exact) mass is 210 g/mol.